The third-order valence-corrected chi connectivity index (χ3v) is 12.2. The van der Waals surface area contributed by atoms with Gasteiger partial charge >= 0.3 is 0 Å². The van der Waals surface area contributed by atoms with Crippen LogP contribution < -0.4 is 19.6 Å². The molecule has 6 rings (SSSR count). The number of benzene rings is 4. The zero-order valence-electron chi connectivity index (χ0n) is 35.5. The van der Waals surface area contributed by atoms with Crippen LogP contribution in [0.2, 0.25) is 0 Å². The fourth-order valence-electron chi connectivity index (χ4n) is 7.67. The van der Waals surface area contributed by atoms with Crippen molar-refractivity contribution in [2.75, 3.05) is 18.5 Å². The molecule has 0 saturated heterocycles. The Labute approximate surface area is 354 Å². The number of aromatic nitrogens is 4. The summed E-state index contributed by atoms with van der Waals surface area (Å²) in [5.74, 6) is 1.24. The molecule has 9 nitrogen and oxygen atoms in total. The third-order valence-electron chi connectivity index (χ3n) is 11.1. The fraction of sp³-hybridized carbons (Fsp3) is 0.469. The Bertz CT molecular complexity index is 2240. The summed E-state index contributed by atoms with van der Waals surface area (Å²) in [6.07, 6.45) is 22.0. The molecule has 0 aliphatic rings. The molecule has 0 fully saturated rings. The van der Waals surface area contributed by atoms with Crippen molar-refractivity contribution in [1.29, 1.82) is 0 Å². The number of aryl methyl sites for hydroxylation is 1. The maximum absolute atomic E-state index is 14.3. The second-order valence-electron chi connectivity index (χ2n) is 15.7. The highest BCUT2D eigenvalue weighted by Crippen LogP contribution is 2.29. The van der Waals surface area contributed by atoms with Gasteiger partial charge in [0.25, 0.3) is 0 Å². The van der Waals surface area contributed by atoms with Crippen molar-refractivity contribution in [2.24, 2.45) is 12.0 Å². The minimum atomic E-state index is -0.706. The zero-order chi connectivity index (χ0) is 41.1. The Morgan fingerprint density at radius 1 is 0.729 bits per heavy atom. The Kier molecular flexibility index (Phi) is 17.4. The largest absolute Gasteiger partial charge is 0.494 e. The van der Waals surface area contributed by atoms with Crippen molar-refractivity contribution in [3.63, 3.8) is 0 Å². The second kappa shape index (κ2) is 23.6. The van der Waals surface area contributed by atoms with E-state index in [4.69, 9.17) is 14.5 Å². The third kappa shape index (κ3) is 13.0. The summed E-state index contributed by atoms with van der Waals surface area (Å²) in [4.78, 5) is 20.2. The van der Waals surface area contributed by atoms with E-state index in [1.54, 1.807) is 16.0 Å². The summed E-state index contributed by atoms with van der Waals surface area (Å²) in [6, 6.07) is 29.0. The molecular formula is C49H64N6O3S. The van der Waals surface area contributed by atoms with E-state index in [-0.39, 0.29) is 5.91 Å². The smallest absolute Gasteiger partial charge is 0.249 e. The van der Waals surface area contributed by atoms with E-state index in [1.165, 1.54) is 101 Å². The first-order valence-corrected chi connectivity index (χ1v) is 23.0. The maximum atomic E-state index is 14.3. The van der Waals surface area contributed by atoms with Gasteiger partial charge in [-0.1, -0.05) is 156 Å². The summed E-state index contributed by atoms with van der Waals surface area (Å²) >= 11 is 1.64. The number of rotatable bonds is 26. The minimum absolute atomic E-state index is 0.217. The van der Waals surface area contributed by atoms with Gasteiger partial charge in [-0.2, -0.15) is 0 Å². The lowest BCUT2D eigenvalue weighted by molar-refractivity contribution is -0.119. The standard InChI is InChI=1S/C49H64N6O3S/c1-4-6-7-8-9-10-11-12-13-14-15-16-17-18-19-24-35-58-40-32-29-38(30-33-40)36-45(48(56)51-42-25-20-22-27-46(42)57-5-2)55-44-37-39(31-34-41(44)52-53-55)50-49-54(3)43-26-21-23-28-47(43)59-49/h20-23,25-34,37,45H,4-19,24,35-36H2,1-3H3,(H,51,56). The second-order valence-corrected chi connectivity index (χ2v) is 16.7. The van der Waals surface area contributed by atoms with E-state index in [0.717, 1.165) is 39.3 Å². The number of carbonyl (C=O) groups excluding carboxylic acids is 1. The molecule has 0 spiro atoms. The van der Waals surface area contributed by atoms with Gasteiger partial charge in [0.1, 0.15) is 23.1 Å². The van der Waals surface area contributed by atoms with E-state index in [2.05, 4.69) is 39.3 Å². The van der Waals surface area contributed by atoms with Crippen LogP contribution in [0.3, 0.4) is 0 Å². The number of hydrogen-bond acceptors (Lipinski definition) is 7. The normalized spacial score (nSPS) is 12.4. The first-order chi connectivity index (χ1) is 29.0. The number of carbonyl (C=O) groups is 1. The van der Waals surface area contributed by atoms with Crippen LogP contribution in [0.4, 0.5) is 11.4 Å². The average molecular weight is 817 g/mol. The monoisotopic (exact) mass is 816 g/mol. The number of para-hydroxylation sites is 3. The molecule has 59 heavy (non-hydrogen) atoms. The minimum Gasteiger partial charge on any atom is -0.494 e. The van der Waals surface area contributed by atoms with E-state index in [1.807, 2.05) is 92.8 Å². The highest BCUT2D eigenvalue weighted by molar-refractivity contribution is 7.16. The molecular weight excluding hydrogens is 753 g/mol. The van der Waals surface area contributed by atoms with Crippen molar-refractivity contribution in [3.8, 4) is 11.5 Å². The van der Waals surface area contributed by atoms with E-state index < -0.39 is 6.04 Å². The molecule has 0 aliphatic heterocycles. The van der Waals surface area contributed by atoms with Gasteiger partial charge in [-0.05, 0) is 73.5 Å². The van der Waals surface area contributed by atoms with Gasteiger partial charge in [0.2, 0.25) is 5.91 Å². The van der Waals surface area contributed by atoms with Crippen LogP contribution in [0.1, 0.15) is 128 Å². The Balaban J connectivity index is 1.04. The summed E-state index contributed by atoms with van der Waals surface area (Å²) < 4.78 is 17.0. The molecule has 314 valence electrons. The van der Waals surface area contributed by atoms with Gasteiger partial charge < -0.3 is 19.4 Å². The van der Waals surface area contributed by atoms with Gasteiger partial charge in [-0.3, -0.25) is 4.79 Å². The van der Waals surface area contributed by atoms with Gasteiger partial charge in [-0.25, -0.2) is 9.67 Å². The van der Waals surface area contributed by atoms with Crippen LogP contribution in [-0.4, -0.2) is 38.7 Å². The molecule has 1 N–H and O–H groups in total. The number of fused-ring (bicyclic) bond motifs is 2. The molecule has 1 unspecified atom stereocenters. The Hall–Kier alpha value is -4.96. The van der Waals surface area contributed by atoms with Gasteiger partial charge in [0, 0.05) is 13.5 Å². The van der Waals surface area contributed by atoms with Crippen molar-refractivity contribution in [1.82, 2.24) is 19.6 Å². The number of amides is 1. The van der Waals surface area contributed by atoms with E-state index in [0.29, 0.717) is 36.6 Å². The lowest BCUT2D eigenvalue weighted by Crippen LogP contribution is -2.29. The molecule has 0 aliphatic carbocycles. The van der Waals surface area contributed by atoms with Crippen molar-refractivity contribution in [3.05, 3.63) is 101 Å². The van der Waals surface area contributed by atoms with Crippen LogP contribution in [0.15, 0.2) is 96.0 Å². The van der Waals surface area contributed by atoms with E-state index >= 15 is 0 Å². The molecule has 1 atom stereocenters. The highest BCUT2D eigenvalue weighted by Gasteiger charge is 2.26. The summed E-state index contributed by atoms with van der Waals surface area (Å²) in [5.41, 5.74) is 4.90. The van der Waals surface area contributed by atoms with Crippen LogP contribution in [0.5, 0.6) is 11.5 Å². The lowest BCUT2D eigenvalue weighted by Gasteiger charge is -2.19. The van der Waals surface area contributed by atoms with E-state index in [9.17, 15) is 4.79 Å². The summed E-state index contributed by atoms with van der Waals surface area (Å²) in [7, 11) is 2.03. The molecule has 4 aromatic carbocycles. The number of anilines is 1. The maximum Gasteiger partial charge on any atom is 0.249 e. The van der Waals surface area contributed by atoms with Crippen molar-refractivity contribution >= 4 is 49.9 Å². The van der Waals surface area contributed by atoms with Crippen molar-refractivity contribution in [2.45, 2.75) is 129 Å². The lowest BCUT2D eigenvalue weighted by atomic mass is 10.0. The van der Waals surface area contributed by atoms with Gasteiger partial charge in [-0.15, -0.1) is 5.10 Å². The number of hydrogen-bond donors (Lipinski definition) is 1. The number of ether oxygens (including phenoxy) is 2. The summed E-state index contributed by atoms with van der Waals surface area (Å²) in [5, 5.41) is 12.1. The number of unbranched alkanes of at least 4 members (excludes halogenated alkanes) is 15. The average Bonchev–Trinajstić information content (AvgIpc) is 3.82. The molecule has 2 heterocycles. The van der Waals surface area contributed by atoms with Gasteiger partial charge in [0.15, 0.2) is 4.80 Å². The van der Waals surface area contributed by atoms with Gasteiger partial charge in [0.05, 0.1) is 40.3 Å². The fourth-order valence-corrected chi connectivity index (χ4v) is 8.70. The molecule has 2 aromatic heterocycles. The molecule has 10 heteroatoms. The molecule has 0 bridgehead atoms. The predicted molar refractivity (Wildman–Crippen MR) is 244 cm³/mol. The number of nitrogens with one attached hydrogen (secondary N) is 1. The zero-order valence-corrected chi connectivity index (χ0v) is 36.4. The number of nitrogens with zero attached hydrogens (tertiary/aromatic N) is 5. The highest BCUT2D eigenvalue weighted by atomic mass is 32.1. The van der Waals surface area contributed by atoms with Crippen LogP contribution in [0, 0.1) is 0 Å². The molecule has 0 saturated carbocycles. The molecule has 0 radical (unpaired) electrons. The molecule has 6 aromatic rings. The Morgan fingerprint density at radius 3 is 2.05 bits per heavy atom. The van der Waals surface area contributed by atoms with Crippen LogP contribution in [-0.2, 0) is 18.3 Å². The quantitative estimate of drug-likeness (QED) is 0.0550. The predicted octanol–water partition coefficient (Wildman–Crippen LogP) is 12.7. The van der Waals surface area contributed by atoms with Crippen molar-refractivity contribution < 1.29 is 14.3 Å². The van der Waals surface area contributed by atoms with Crippen LogP contribution in [0.25, 0.3) is 21.3 Å². The topological polar surface area (TPSA) is 95.6 Å². The summed E-state index contributed by atoms with van der Waals surface area (Å²) in [6.45, 7) is 5.41. The number of thiazole rings is 1. The SMILES string of the molecule is CCCCCCCCCCCCCCCCCCOc1ccc(CC(C(=O)Nc2ccccc2OCC)n2nnc3ccc(N=c4sc5ccccc5n4C)cc32)cc1. The molecule has 1 amide bonds. The Morgan fingerprint density at radius 2 is 1.37 bits per heavy atom. The first kappa shape index (κ1) is 43.6. The van der Waals surface area contributed by atoms with Crippen LogP contribution >= 0.6 is 11.3 Å². The first-order valence-electron chi connectivity index (χ1n) is 22.2.